The van der Waals surface area contributed by atoms with E-state index in [0.29, 0.717) is 36.5 Å². The molecule has 0 radical (unpaired) electrons. The second-order valence-electron chi connectivity index (χ2n) is 2.76. The Kier molecular flexibility index (Phi) is 10.1. The van der Waals surface area contributed by atoms with E-state index in [1.54, 1.807) is 0 Å². The van der Waals surface area contributed by atoms with Crippen LogP contribution < -0.4 is 0 Å². The minimum absolute atomic E-state index is 0.505. The van der Waals surface area contributed by atoms with Crippen molar-refractivity contribution in [2.75, 3.05) is 26.4 Å². The second kappa shape index (κ2) is 10.3. The van der Waals surface area contributed by atoms with Crippen LogP contribution in [0.3, 0.4) is 0 Å². The molecule has 0 aromatic heterocycles. The monoisotopic (exact) mass is 250 g/mol. The van der Waals surface area contributed by atoms with Gasteiger partial charge in [0.1, 0.15) is 13.2 Å². The summed E-state index contributed by atoms with van der Waals surface area (Å²) in [6.07, 6.45) is 1.53. The molecule has 0 saturated carbocycles. The van der Waals surface area contributed by atoms with Gasteiger partial charge in [0.2, 0.25) is 0 Å². The lowest BCUT2D eigenvalue weighted by molar-refractivity contribution is 0.0716. The van der Waals surface area contributed by atoms with Crippen LogP contribution in [0, 0.1) is 0 Å². The van der Waals surface area contributed by atoms with Crippen molar-refractivity contribution in [1.82, 2.24) is 0 Å². The topological polar surface area (TPSA) is 27.7 Å². The second-order valence-corrected chi connectivity index (χ2v) is 3.67. The summed E-state index contributed by atoms with van der Waals surface area (Å²) in [5.41, 5.74) is 0. The lowest BCUT2D eigenvalue weighted by Gasteiger charge is -2.07. The van der Waals surface area contributed by atoms with Gasteiger partial charge in [0, 0.05) is 12.8 Å². The molecular formula is C10H18O3S2. The molecule has 0 aliphatic rings. The lowest BCUT2D eigenvalue weighted by atomic mass is 10.5. The van der Waals surface area contributed by atoms with Crippen LogP contribution in [0.5, 0.6) is 0 Å². The zero-order valence-electron chi connectivity index (χ0n) is 9.28. The summed E-state index contributed by atoms with van der Waals surface area (Å²) in [4.78, 5) is 0. The Balaban J connectivity index is 3.11. The number of ether oxygens (including phenoxy) is 3. The Morgan fingerprint density at radius 2 is 1.20 bits per heavy atom. The van der Waals surface area contributed by atoms with Crippen LogP contribution in [0.15, 0.2) is 0 Å². The van der Waals surface area contributed by atoms with Gasteiger partial charge in [-0.3, -0.25) is 0 Å². The highest BCUT2D eigenvalue weighted by molar-refractivity contribution is 7.80. The summed E-state index contributed by atoms with van der Waals surface area (Å²) < 4.78 is 15.6. The molecule has 88 valence electrons. The van der Waals surface area contributed by atoms with E-state index in [9.17, 15) is 0 Å². The third-order valence-corrected chi connectivity index (χ3v) is 2.37. The Bertz CT molecular complexity index is 175. The molecule has 0 saturated heterocycles. The largest absolute Gasteiger partial charge is 0.485 e. The van der Waals surface area contributed by atoms with Crippen LogP contribution in [-0.2, 0) is 14.2 Å². The van der Waals surface area contributed by atoms with Crippen molar-refractivity contribution in [3.8, 4) is 0 Å². The third-order valence-electron chi connectivity index (χ3n) is 1.56. The highest BCUT2D eigenvalue weighted by Gasteiger charge is 1.95. The van der Waals surface area contributed by atoms with Gasteiger partial charge in [0.15, 0.2) is 10.1 Å². The fraction of sp³-hybridized carbons (Fsp3) is 0.800. The van der Waals surface area contributed by atoms with Gasteiger partial charge in [-0.15, -0.1) is 0 Å². The van der Waals surface area contributed by atoms with Gasteiger partial charge in [0.05, 0.1) is 13.2 Å². The predicted molar refractivity (Wildman–Crippen MR) is 68.5 cm³/mol. The van der Waals surface area contributed by atoms with Crippen LogP contribution in [0.1, 0.15) is 26.7 Å². The fourth-order valence-electron chi connectivity index (χ4n) is 0.735. The summed E-state index contributed by atoms with van der Waals surface area (Å²) in [6, 6.07) is 0. The Hall–Kier alpha value is -0.260. The summed E-state index contributed by atoms with van der Waals surface area (Å²) >= 11 is 9.77. The van der Waals surface area contributed by atoms with Crippen molar-refractivity contribution in [1.29, 1.82) is 0 Å². The molecule has 3 nitrogen and oxygen atoms in total. The SMILES string of the molecule is CCC(=S)OCCOCCOC(=S)CC. The van der Waals surface area contributed by atoms with E-state index in [1.165, 1.54) is 0 Å². The minimum Gasteiger partial charge on any atom is -0.485 e. The Morgan fingerprint density at radius 1 is 0.800 bits per heavy atom. The molecule has 0 aliphatic heterocycles. The quantitative estimate of drug-likeness (QED) is 0.487. The summed E-state index contributed by atoms with van der Waals surface area (Å²) in [5, 5.41) is 1.25. The first-order chi connectivity index (χ1) is 7.20. The van der Waals surface area contributed by atoms with Crippen molar-refractivity contribution >= 4 is 34.5 Å². The number of hydrogen-bond donors (Lipinski definition) is 0. The molecule has 0 bridgehead atoms. The van der Waals surface area contributed by atoms with E-state index in [1.807, 2.05) is 13.8 Å². The first-order valence-corrected chi connectivity index (χ1v) is 5.91. The lowest BCUT2D eigenvalue weighted by Crippen LogP contribution is -2.12. The summed E-state index contributed by atoms with van der Waals surface area (Å²) in [7, 11) is 0. The molecule has 0 rings (SSSR count). The molecule has 0 fully saturated rings. The molecule has 0 heterocycles. The zero-order valence-corrected chi connectivity index (χ0v) is 10.9. The molecule has 0 N–H and O–H groups in total. The van der Waals surface area contributed by atoms with Crippen LogP contribution >= 0.6 is 24.4 Å². The van der Waals surface area contributed by atoms with Crippen LogP contribution in [0.2, 0.25) is 0 Å². The number of thiocarbonyl (C=S) groups is 2. The van der Waals surface area contributed by atoms with Gasteiger partial charge in [-0.2, -0.15) is 0 Å². The van der Waals surface area contributed by atoms with Crippen LogP contribution in [0.25, 0.3) is 0 Å². The van der Waals surface area contributed by atoms with E-state index < -0.39 is 0 Å². The van der Waals surface area contributed by atoms with Crippen molar-refractivity contribution in [2.24, 2.45) is 0 Å². The molecule has 0 amide bonds. The third kappa shape index (κ3) is 10.0. The van der Waals surface area contributed by atoms with Crippen molar-refractivity contribution < 1.29 is 14.2 Å². The van der Waals surface area contributed by atoms with E-state index >= 15 is 0 Å². The number of hydrogen-bond acceptors (Lipinski definition) is 5. The predicted octanol–water partition coefficient (Wildman–Crippen LogP) is 2.51. The van der Waals surface area contributed by atoms with Gasteiger partial charge in [-0.1, -0.05) is 13.8 Å². The molecule has 5 heteroatoms. The number of rotatable bonds is 8. The maximum absolute atomic E-state index is 5.25. The summed E-state index contributed by atoms with van der Waals surface area (Å²) in [5.74, 6) is 0. The molecule has 0 unspecified atom stereocenters. The molecule has 0 spiro atoms. The van der Waals surface area contributed by atoms with E-state index in [0.717, 1.165) is 12.8 Å². The van der Waals surface area contributed by atoms with E-state index in [-0.39, 0.29) is 0 Å². The first-order valence-electron chi connectivity index (χ1n) is 5.09. The molecule has 15 heavy (non-hydrogen) atoms. The van der Waals surface area contributed by atoms with Crippen molar-refractivity contribution in [3.63, 3.8) is 0 Å². The standard InChI is InChI=1S/C10H18O3S2/c1-3-9(14)12-7-5-11-6-8-13-10(15)4-2/h3-8H2,1-2H3. The molecule has 0 atom stereocenters. The Labute approximate surface area is 102 Å². The van der Waals surface area contributed by atoms with Gasteiger partial charge in [-0.05, 0) is 24.4 Å². The average molecular weight is 250 g/mol. The highest BCUT2D eigenvalue weighted by atomic mass is 32.1. The van der Waals surface area contributed by atoms with Crippen LogP contribution in [0.4, 0.5) is 0 Å². The molecule has 0 aromatic rings. The highest BCUT2D eigenvalue weighted by Crippen LogP contribution is 1.90. The van der Waals surface area contributed by atoms with Crippen molar-refractivity contribution in [2.45, 2.75) is 26.7 Å². The van der Waals surface area contributed by atoms with E-state index in [2.05, 4.69) is 0 Å². The molecular weight excluding hydrogens is 232 g/mol. The maximum Gasteiger partial charge on any atom is 0.159 e. The van der Waals surface area contributed by atoms with Crippen molar-refractivity contribution in [3.05, 3.63) is 0 Å². The summed E-state index contributed by atoms with van der Waals surface area (Å²) in [6.45, 7) is 5.99. The molecule has 0 aromatic carbocycles. The van der Waals surface area contributed by atoms with Crippen LogP contribution in [-0.4, -0.2) is 36.5 Å². The van der Waals surface area contributed by atoms with Gasteiger partial charge in [0.25, 0.3) is 0 Å². The zero-order chi connectivity index (χ0) is 11.5. The van der Waals surface area contributed by atoms with Gasteiger partial charge in [-0.25, -0.2) is 0 Å². The maximum atomic E-state index is 5.25. The molecule has 0 aliphatic carbocycles. The fourth-order valence-corrected chi connectivity index (χ4v) is 0.902. The smallest absolute Gasteiger partial charge is 0.159 e. The van der Waals surface area contributed by atoms with Gasteiger partial charge >= 0.3 is 0 Å². The van der Waals surface area contributed by atoms with Gasteiger partial charge < -0.3 is 14.2 Å². The minimum atomic E-state index is 0.505. The Morgan fingerprint density at radius 3 is 1.53 bits per heavy atom. The average Bonchev–Trinajstić information content (AvgIpc) is 2.26. The van der Waals surface area contributed by atoms with E-state index in [4.69, 9.17) is 38.6 Å². The first kappa shape index (κ1) is 14.7. The normalized spacial score (nSPS) is 9.73.